The molecule has 9 aromatic rings. The largest absolute Gasteiger partial charge is 0.435 e. The molecular weight excluding hydrogens is 583 g/mol. The zero-order valence-electron chi connectivity index (χ0n) is 26.8. The molecule has 2 nitrogen and oxygen atoms in total. The lowest BCUT2D eigenvalue weighted by atomic mass is 9.79. The fourth-order valence-electron chi connectivity index (χ4n) is 8.06. The summed E-state index contributed by atoms with van der Waals surface area (Å²) >= 11 is 0. The summed E-state index contributed by atoms with van der Waals surface area (Å²) in [4.78, 5) is 4.86. The van der Waals surface area contributed by atoms with E-state index in [9.17, 15) is 0 Å². The molecule has 8 aromatic carbocycles. The van der Waals surface area contributed by atoms with Crippen molar-refractivity contribution in [3.8, 4) is 44.8 Å². The van der Waals surface area contributed by atoms with E-state index in [-0.39, 0.29) is 5.41 Å². The van der Waals surface area contributed by atoms with Crippen molar-refractivity contribution in [1.82, 2.24) is 4.98 Å². The Morgan fingerprint density at radius 1 is 0.479 bits per heavy atom. The van der Waals surface area contributed by atoms with E-state index in [4.69, 9.17) is 9.40 Å². The van der Waals surface area contributed by atoms with E-state index >= 15 is 0 Å². The van der Waals surface area contributed by atoms with Gasteiger partial charge in [-0.2, -0.15) is 0 Å². The number of hydrogen-bond acceptors (Lipinski definition) is 2. The van der Waals surface area contributed by atoms with Crippen LogP contribution in [0, 0.1) is 0 Å². The second kappa shape index (κ2) is 10.0. The maximum atomic E-state index is 6.49. The Bertz CT molecular complexity index is 2750. The van der Waals surface area contributed by atoms with Crippen LogP contribution in [0.2, 0.25) is 0 Å². The molecule has 10 rings (SSSR count). The molecule has 0 N–H and O–H groups in total. The molecule has 48 heavy (non-hydrogen) atoms. The molecule has 0 amide bonds. The standard InChI is InChI=1S/C46H31NO/c1-46(2)40-27-35(20-22-37(40)38-23-19-28-9-6-7-14-36(28)43(38)46)33-13-8-12-32(25-33)34-18-16-29-15-17-30-21-24-41-44(42(30)39(29)26-34)48-45(47-41)31-10-4-3-5-11-31/h3-27H,1-2H3. The Morgan fingerprint density at radius 2 is 1.10 bits per heavy atom. The first-order chi connectivity index (χ1) is 23.5. The van der Waals surface area contributed by atoms with Crippen molar-refractivity contribution >= 4 is 43.4 Å². The molecule has 0 bridgehead atoms. The number of nitrogens with zero attached hydrogens (tertiary/aromatic N) is 1. The van der Waals surface area contributed by atoms with Gasteiger partial charge in [-0.1, -0.05) is 129 Å². The molecule has 1 aromatic heterocycles. The quantitative estimate of drug-likeness (QED) is 0.185. The molecular formula is C46H31NO. The van der Waals surface area contributed by atoms with Crippen LogP contribution in [-0.4, -0.2) is 4.98 Å². The number of rotatable bonds is 3. The molecule has 0 atom stereocenters. The number of hydrogen-bond donors (Lipinski definition) is 0. The predicted molar refractivity (Wildman–Crippen MR) is 200 cm³/mol. The van der Waals surface area contributed by atoms with E-state index < -0.39 is 0 Å². The predicted octanol–water partition coefficient (Wildman–Crippen LogP) is 12.6. The molecule has 2 heteroatoms. The second-order valence-corrected chi connectivity index (χ2v) is 13.6. The van der Waals surface area contributed by atoms with Crippen molar-refractivity contribution in [1.29, 1.82) is 0 Å². The Morgan fingerprint density at radius 3 is 1.98 bits per heavy atom. The van der Waals surface area contributed by atoms with Gasteiger partial charge in [-0.05, 0) is 108 Å². The third-order valence-corrected chi connectivity index (χ3v) is 10.4. The minimum absolute atomic E-state index is 0.0923. The van der Waals surface area contributed by atoms with E-state index in [1.165, 1.54) is 66.1 Å². The van der Waals surface area contributed by atoms with Crippen molar-refractivity contribution in [2.24, 2.45) is 0 Å². The van der Waals surface area contributed by atoms with Gasteiger partial charge in [0.2, 0.25) is 5.89 Å². The Kier molecular flexibility index (Phi) is 5.66. The summed E-state index contributed by atoms with van der Waals surface area (Å²) in [6, 6.07) is 54.8. The highest BCUT2D eigenvalue weighted by atomic mass is 16.3. The average Bonchev–Trinajstić information content (AvgIpc) is 3.68. The van der Waals surface area contributed by atoms with Gasteiger partial charge in [-0.3, -0.25) is 0 Å². The number of aromatic nitrogens is 1. The Balaban J connectivity index is 1.09. The summed E-state index contributed by atoms with van der Waals surface area (Å²) < 4.78 is 6.49. The highest BCUT2D eigenvalue weighted by molar-refractivity contribution is 6.18. The molecule has 1 aliphatic rings. The molecule has 0 saturated carbocycles. The fourth-order valence-corrected chi connectivity index (χ4v) is 8.06. The van der Waals surface area contributed by atoms with Crippen LogP contribution in [0.1, 0.15) is 25.0 Å². The van der Waals surface area contributed by atoms with Crippen molar-refractivity contribution in [2.75, 3.05) is 0 Å². The van der Waals surface area contributed by atoms with Gasteiger partial charge in [0.05, 0.1) is 0 Å². The lowest BCUT2D eigenvalue weighted by Gasteiger charge is -2.23. The summed E-state index contributed by atoms with van der Waals surface area (Å²) in [7, 11) is 0. The maximum Gasteiger partial charge on any atom is 0.227 e. The maximum absolute atomic E-state index is 6.49. The van der Waals surface area contributed by atoms with Crippen molar-refractivity contribution in [2.45, 2.75) is 19.3 Å². The van der Waals surface area contributed by atoms with Gasteiger partial charge in [0.15, 0.2) is 5.58 Å². The van der Waals surface area contributed by atoms with Gasteiger partial charge in [-0.25, -0.2) is 4.98 Å². The first-order valence-corrected chi connectivity index (χ1v) is 16.6. The third-order valence-electron chi connectivity index (χ3n) is 10.4. The topological polar surface area (TPSA) is 26.0 Å². The summed E-state index contributed by atoms with van der Waals surface area (Å²) in [5, 5.41) is 7.25. The van der Waals surface area contributed by atoms with Crippen molar-refractivity contribution < 1.29 is 4.42 Å². The SMILES string of the molecule is CC1(C)c2cc(-c3cccc(-c4ccc5ccc6ccc7nc(-c8ccccc8)oc7c6c5c4)c3)ccc2-c2ccc3ccccc3c21. The Labute approximate surface area is 278 Å². The van der Waals surface area contributed by atoms with Crippen LogP contribution >= 0.6 is 0 Å². The summed E-state index contributed by atoms with van der Waals surface area (Å²) in [5.41, 5.74) is 12.9. The molecule has 0 fully saturated rings. The highest BCUT2D eigenvalue weighted by Gasteiger charge is 2.37. The van der Waals surface area contributed by atoms with Crippen LogP contribution < -0.4 is 0 Å². The first-order valence-electron chi connectivity index (χ1n) is 16.6. The lowest BCUT2D eigenvalue weighted by molar-refractivity contribution is 0.623. The molecule has 0 aliphatic heterocycles. The van der Waals surface area contributed by atoms with Crippen LogP contribution in [0.15, 0.2) is 156 Å². The minimum Gasteiger partial charge on any atom is -0.435 e. The third kappa shape index (κ3) is 3.96. The van der Waals surface area contributed by atoms with Gasteiger partial charge in [0, 0.05) is 16.4 Å². The van der Waals surface area contributed by atoms with Gasteiger partial charge < -0.3 is 4.42 Å². The smallest absolute Gasteiger partial charge is 0.227 e. The molecule has 0 saturated heterocycles. The van der Waals surface area contributed by atoms with E-state index in [1.807, 2.05) is 30.3 Å². The van der Waals surface area contributed by atoms with Crippen LogP contribution in [0.5, 0.6) is 0 Å². The summed E-state index contributed by atoms with van der Waals surface area (Å²) in [6.45, 7) is 4.75. The lowest BCUT2D eigenvalue weighted by Crippen LogP contribution is -2.15. The normalized spacial score (nSPS) is 13.4. The molecule has 0 spiro atoms. The zero-order chi connectivity index (χ0) is 32.0. The number of fused-ring (bicyclic) bond motifs is 10. The minimum atomic E-state index is -0.0923. The van der Waals surface area contributed by atoms with Crippen molar-refractivity contribution in [3.63, 3.8) is 0 Å². The molecule has 0 unspecified atom stereocenters. The van der Waals surface area contributed by atoms with E-state index in [2.05, 4.69) is 135 Å². The average molecular weight is 614 g/mol. The van der Waals surface area contributed by atoms with Gasteiger partial charge in [0.1, 0.15) is 5.52 Å². The first kappa shape index (κ1) is 27.2. The Hall–Kier alpha value is -5.99. The summed E-state index contributed by atoms with van der Waals surface area (Å²) in [6.07, 6.45) is 0. The van der Waals surface area contributed by atoms with Gasteiger partial charge in [0.25, 0.3) is 0 Å². The van der Waals surface area contributed by atoms with Crippen LogP contribution in [0.4, 0.5) is 0 Å². The van der Waals surface area contributed by atoms with Crippen molar-refractivity contribution in [3.05, 3.63) is 163 Å². The zero-order valence-corrected chi connectivity index (χ0v) is 26.8. The molecule has 1 heterocycles. The fraction of sp³-hybridized carbons (Fsp3) is 0.0652. The van der Waals surface area contributed by atoms with Crippen LogP contribution in [0.3, 0.4) is 0 Å². The number of oxazole rings is 1. The number of benzene rings is 8. The molecule has 1 aliphatic carbocycles. The van der Waals surface area contributed by atoms with Gasteiger partial charge >= 0.3 is 0 Å². The monoisotopic (exact) mass is 613 g/mol. The van der Waals surface area contributed by atoms with Gasteiger partial charge in [-0.15, -0.1) is 0 Å². The highest BCUT2D eigenvalue weighted by Crippen LogP contribution is 2.52. The summed E-state index contributed by atoms with van der Waals surface area (Å²) in [5.74, 6) is 0.646. The molecule has 0 radical (unpaired) electrons. The van der Waals surface area contributed by atoms with E-state index in [0.29, 0.717) is 5.89 Å². The van der Waals surface area contributed by atoms with Crippen LogP contribution in [0.25, 0.3) is 88.3 Å². The van der Waals surface area contributed by atoms with Crippen LogP contribution in [-0.2, 0) is 5.41 Å². The molecule has 226 valence electrons. The van der Waals surface area contributed by atoms with E-state index in [1.54, 1.807) is 0 Å². The van der Waals surface area contributed by atoms with E-state index in [0.717, 1.165) is 27.4 Å². The second-order valence-electron chi connectivity index (χ2n) is 13.6.